The van der Waals surface area contributed by atoms with Gasteiger partial charge in [0.05, 0.1) is 0 Å². The van der Waals surface area contributed by atoms with Crippen molar-refractivity contribution in [3.63, 3.8) is 0 Å². The Bertz CT molecular complexity index is 1150. The molecule has 210 valence electrons. The molecule has 1 saturated carbocycles. The predicted octanol–water partition coefficient (Wildman–Crippen LogP) is 5.94. The summed E-state index contributed by atoms with van der Waals surface area (Å²) in [6.07, 6.45) is 5.36. The van der Waals surface area contributed by atoms with Gasteiger partial charge in [0.25, 0.3) is 0 Å². The van der Waals surface area contributed by atoms with Gasteiger partial charge in [0, 0.05) is 63.6 Å². The van der Waals surface area contributed by atoms with E-state index >= 15 is 0 Å². The van der Waals surface area contributed by atoms with Crippen LogP contribution in [0.2, 0.25) is 0 Å². The van der Waals surface area contributed by atoms with Gasteiger partial charge in [-0.3, -0.25) is 14.7 Å². The summed E-state index contributed by atoms with van der Waals surface area (Å²) in [6.45, 7) is 12.0. The number of para-hydroxylation sites is 1. The van der Waals surface area contributed by atoms with Crippen LogP contribution < -0.4 is 4.90 Å². The highest BCUT2D eigenvalue weighted by molar-refractivity contribution is 5.46. The van der Waals surface area contributed by atoms with Gasteiger partial charge in [-0.2, -0.15) is 0 Å². The first kappa shape index (κ1) is 26.3. The lowest BCUT2D eigenvalue weighted by Crippen LogP contribution is -2.56. The molecule has 4 aliphatic heterocycles. The Balaban J connectivity index is 1.12. The SMILES string of the molecule is c1ccc([C@@H]2CC3(N4CCCC4)C[C@@H](c4ccccc4)C2CN(CCN2CCN(c4ccccc4)CC2)C3)cc1. The van der Waals surface area contributed by atoms with Gasteiger partial charge in [-0.05, 0) is 79.8 Å². The number of likely N-dealkylation sites (tertiary alicyclic amines) is 1. The maximum Gasteiger partial charge on any atom is 0.0367 e. The summed E-state index contributed by atoms with van der Waals surface area (Å²) in [5.74, 6) is 1.92. The van der Waals surface area contributed by atoms with Crippen molar-refractivity contribution in [1.29, 1.82) is 0 Å². The second kappa shape index (κ2) is 11.7. The minimum atomic E-state index is 0.274. The lowest BCUT2D eigenvalue weighted by atomic mass is 9.61. The fraction of sp³-hybridized carbons (Fsp3) is 0.500. The molecule has 4 heterocycles. The number of fused-ring (bicyclic) bond motifs is 4. The second-order valence-corrected chi connectivity index (χ2v) is 12.9. The molecule has 0 aromatic heterocycles. The quantitative estimate of drug-likeness (QED) is 0.372. The average molecular weight is 535 g/mol. The first-order chi connectivity index (χ1) is 19.8. The van der Waals surface area contributed by atoms with Crippen molar-refractivity contribution in [3.8, 4) is 0 Å². The van der Waals surface area contributed by atoms with E-state index in [-0.39, 0.29) is 5.54 Å². The van der Waals surface area contributed by atoms with E-state index in [1.807, 2.05) is 0 Å². The number of hydrogen-bond acceptors (Lipinski definition) is 4. The van der Waals surface area contributed by atoms with Gasteiger partial charge >= 0.3 is 0 Å². The van der Waals surface area contributed by atoms with Crippen LogP contribution in [0.4, 0.5) is 5.69 Å². The molecule has 3 aromatic carbocycles. The third-order valence-electron chi connectivity index (χ3n) is 10.7. The zero-order valence-corrected chi connectivity index (χ0v) is 24.1. The van der Waals surface area contributed by atoms with E-state index in [2.05, 4.69) is 111 Å². The highest BCUT2D eigenvalue weighted by Gasteiger charge is 2.53. The van der Waals surface area contributed by atoms with Crippen LogP contribution in [0.15, 0.2) is 91.0 Å². The predicted molar refractivity (Wildman–Crippen MR) is 166 cm³/mol. The van der Waals surface area contributed by atoms with Gasteiger partial charge in [0.1, 0.15) is 0 Å². The van der Waals surface area contributed by atoms with Crippen molar-refractivity contribution in [3.05, 3.63) is 102 Å². The molecule has 5 aliphatic rings. The Hall–Kier alpha value is -2.66. The number of anilines is 1. The zero-order chi connectivity index (χ0) is 26.8. The van der Waals surface area contributed by atoms with Crippen molar-refractivity contribution in [2.75, 3.05) is 70.3 Å². The minimum Gasteiger partial charge on any atom is -0.369 e. The van der Waals surface area contributed by atoms with Crippen molar-refractivity contribution in [2.24, 2.45) is 5.92 Å². The van der Waals surface area contributed by atoms with Crippen LogP contribution in [0.3, 0.4) is 0 Å². The molecule has 0 amide bonds. The largest absolute Gasteiger partial charge is 0.369 e. The first-order valence-corrected chi connectivity index (χ1v) is 15.9. The maximum absolute atomic E-state index is 2.94. The van der Waals surface area contributed by atoms with Crippen LogP contribution in [0.5, 0.6) is 0 Å². The fourth-order valence-corrected chi connectivity index (χ4v) is 8.65. The molecule has 40 heavy (non-hydrogen) atoms. The summed E-state index contributed by atoms with van der Waals surface area (Å²) in [5, 5.41) is 0. The van der Waals surface area contributed by atoms with E-state index < -0.39 is 0 Å². The number of benzene rings is 3. The number of piperazine rings is 1. The lowest BCUT2D eigenvalue weighted by molar-refractivity contribution is 0.0413. The highest BCUT2D eigenvalue weighted by Crippen LogP contribution is 2.55. The van der Waals surface area contributed by atoms with Gasteiger partial charge in [-0.25, -0.2) is 0 Å². The molecule has 1 aliphatic carbocycles. The average Bonchev–Trinajstić information content (AvgIpc) is 3.47. The Kier molecular flexibility index (Phi) is 7.66. The Morgan fingerprint density at radius 2 is 1.10 bits per heavy atom. The number of nitrogens with zero attached hydrogens (tertiary/aromatic N) is 4. The van der Waals surface area contributed by atoms with E-state index in [1.54, 1.807) is 11.1 Å². The fourth-order valence-electron chi connectivity index (χ4n) is 8.65. The second-order valence-electron chi connectivity index (χ2n) is 12.9. The summed E-state index contributed by atoms with van der Waals surface area (Å²) in [4.78, 5) is 11.1. The minimum absolute atomic E-state index is 0.274. The summed E-state index contributed by atoms with van der Waals surface area (Å²) < 4.78 is 0. The first-order valence-electron chi connectivity index (χ1n) is 15.9. The summed E-state index contributed by atoms with van der Waals surface area (Å²) in [7, 11) is 0. The molecule has 4 nitrogen and oxygen atoms in total. The van der Waals surface area contributed by atoms with Crippen molar-refractivity contribution in [1.82, 2.24) is 14.7 Å². The standard InChI is InChI=1S/C36H46N4/c1-4-12-30(13-5-1)33-26-36(40-18-10-11-19-40)27-34(31-14-6-2-7-15-31)35(33)28-38(29-36)21-20-37-22-24-39(25-23-37)32-16-8-3-9-17-32/h1-9,12-17,33-35H,10-11,18-29H2/t33-,34-,35?,36?/m0/s1. The Labute approximate surface area is 241 Å². The molecule has 0 radical (unpaired) electrons. The molecule has 0 N–H and O–H groups in total. The normalized spacial score (nSPS) is 30.0. The molecule has 4 heteroatoms. The molecule has 8 rings (SSSR count). The van der Waals surface area contributed by atoms with Gasteiger partial charge < -0.3 is 4.90 Å². The van der Waals surface area contributed by atoms with Crippen LogP contribution in [-0.4, -0.2) is 85.7 Å². The van der Waals surface area contributed by atoms with Gasteiger partial charge in [-0.15, -0.1) is 0 Å². The van der Waals surface area contributed by atoms with E-state index in [9.17, 15) is 0 Å². The monoisotopic (exact) mass is 534 g/mol. The highest BCUT2D eigenvalue weighted by atomic mass is 15.3. The summed E-state index contributed by atoms with van der Waals surface area (Å²) >= 11 is 0. The molecular formula is C36H46N4. The Morgan fingerprint density at radius 1 is 0.575 bits per heavy atom. The van der Waals surface area contributed by atoms with Crippen LogP contribution >= 0.6 is 0 Å². The molecule has 3 aromatic rings. The lowest BCUT2D eigenvalue weighted by Gasteiger charge is -2.51. The van der Waals surface area contributed by atoms with Gasteiger partial charge in [-0.1, -0.05) is 78.9 Å². The number of hydrogen-bond donors (Lipinski definition) is 0. The third kappa shape index (κ3) is 5.34. The number of rotatable bonds is 7. The van der Waals surface area contributed by atoms with E-state index in [0.29, 0.717) is 17.8 Å². The van der Waals surface area contributed by atoms with E-state index in [4.69, 9.17) is 0 Å². The van der Waals surface area contributed by atoms with Crippen LogP contribution in [0.25, 0.3) is 0 Å². The third-order valence-corrected chi connectivity index (χ3v) is 10.7. The zero-order valence-electron chi connectivity index (χ0n) is 24.1. The summed E-state index contributed by atoms with van der Waals surface area (Å²) in [5.41, 5.74) is 4.78. The van der Waals surface area contributed by atoms with Crippen molar-refractivity contribution in [2.45, 2.75) is 43.1 Å². The van der Waals surface area contributed by atoms with Crippen LogP contribution in [0.1, 0.15) is 48.6 Å². The van der Waals surface area contributed by atoms with Gasteiger partial charge in [0.2, 0.25) is 0 Å². The smallest absolute Gasteiger partial charge is 0.0367 e. The molecule has 4 saturated heterocycles. The molecule has 5 fully saturated rings. The van der Waals surface area contributed by atoms with E-state index in [1.165, 1.54) is 83.7 Å². The molecule has 2 atom stereocenters. The van der Waals surface area contributed by atoms with E-state index in [0.717, 1.165) is 13.1 Å². The topological polar surface area (TPSA) is 13.0 Å². The van der Waals surface area contributed by atoms with Crippen molar-refractivity contribution < 1.29 is 0 Å². The molecule has 0 unspecified atom stereocenters. The summed E-state index contributed by atoms with van der Waals surface area (Å²) in [6, 6.07) is 34.1. The van der Waals surface area contributed by atoms with Gasteiger partial charge in [0.15, 0.2) is 0 Å². The maximum atomic E-state index is 2.94. The molecular weight excluding hydrogens is 488 g/mol. The Morgan fingerprint density at radius 3 is 1.68 bits per heavy atom. The molecule has 0 spiro atoms. The van der Waals surface area contributed by atoms with Crippen LogP contribution in [-0.2, 0) is 0 Å². The van der Waals surface area contributed by atoms with Crippen LogP contribution in [0, 0.1) is 5.92 Å². The van der Waals surface area contributed by atoms with Crippen molar-refractivity contribution >= 4 is 5.69 Å². The molecule has 2 bridgehead atoms.